The lowest BCUT2D eigenvalue weighted by Gasteiger charge is -2.32. The third-order valence-electron chi connectivity index (χ3n) is 4.08. The van der Waals surface area contributed by atoms with E-state index in [0.29, 0.717) is 0 Å². The van der Waals surface area contributed by atoms with E-state index in [4.69, 9.17) is 0 Å². The van der Waals surface area contributed by atoms with Gasteiger partial charge in [-0.25, -0.2) is 0 Å². The predicted molar refractivity (Wildman–Crippen MR) is 70.6 cm³/mol. The molecule has 2 rings (SSSR count). The van der Waals surface area contributed by atoms with Gasteiger partial charge in [0.1, 0.15) is 0 Å². The van der Waals surface area contributed by atoms with Gasteiger partial charge in [-0.1, -0.05) is 27.2 Å². The van der Waals surface area contributed by atoms with Gasteiger partial charge >= 0.3 is 0 Å². The molecule has 2 heterocycles. The van der Waals surface area contributed by atoms with Gasteiger partial charge in [0.25, 0.3) is 0 Å². The number of likely N-dealkylation sites (tertiary alicyclic amines) is 1. The fourth-order valence-electron chi connectivity index (χ4n) is 2.93. The van der Waals surface area contributed by atoms with Crippen LogP contribution in [0.2, 0.25) is 0 Å². The van der Waals surface area contributed by atoms with Gasteiger partial charge in [-0.3, -0.25) is 0 Å². The van der Waals surface area contributed by atoms with E-state index >= 15 is 0 Å². The predicted octanol–water partition coefficient (Wildman–Crippen LogP) is 1.72. The smallest absolute Gasteiger partial charge is 0.0798 e. The third-order valence-corrected chi connectivity index (χ3v) is 4.08. The van der Waals surface area contributed by atoms with Crippen LogP contribution in [-0.2, 0) is 0 Å². The minimum absolute atomic E-state index is 0.994. The van der Waals surface area contributed by atoms with E-state index in [1.54, 1.807) is 0 Å². The van der Waals surface area contributed by atoms with Gasteiger partial charge < -0.3 is 10.2 Å². The molecular weight excluding hydrogens is 196 g/mol. The van der Waals surface area contributed by atoms with Crippen molar-refractivity contribution in [3.05, 3.63) is 0 Å². The molecule has 0 aromatic rings. The quantitative estimate of drug-likeness (QED) is 0.778. The van der Waals surface area contributed by atoms with Crippen LogP contribution in [0.25, 0.3) is 0 Å². The summed E-state index contributed by atoms with van der Waals surface area (Å²) in [4.78, 5) is 2.70. The van der Waals surface area contributed by atoms with Crippen LogP contribution in [0, 0.1) is 11.8 Å². The Morgan fingerprint density at radius 3 is 2.25 bits per heavy atom. The molecule has 0 bridgehead atoms. The van der Waals surface area contributed by atoms with Crippen molar-refractivity contribution in [2.45, 2.75) is 46.5 Å². The molecule has 0 aromatic carbocycles. The number of quaternary nitrogens is 1. The molecule has 0 radical (unpaired) electrons. The first-order chi connectivity index (χ1) is 7.88. The van der Waals surface area contributed by atoms with Crippen LogP contribution in [0.5, 0.6) is 0 Å². The van der Waals surface area contributed by atoms with Crippen LogP contribution in [0.4, 0.5) is 0 Å². The molecule has 2 saturated heterocycles. The van der Waals surface area contributed by atoms with Crippen LogP contribution in [-0.4, -0.2) is 37.6 Å². The molecule has 2 nitrogen and oxygen atoms in total. The Kier molecular flexibility index (Phi) is 7.06. The highest BCUT2D eigenvalue weighted by atomic mass is 15.1. The topological polar surface area (TPSA) is 19.9 Å². The Morgan fingerprint density at radius 1 is 1.06 bits per heavy atom. The summed E-state index contributed by atoms with van der Waals surface area (Å²) in [6.07, 6.45) is 5.75. The molecule has 2 N–H and O–H groups in total. The molecule has 96 valence electrons. The lowest BCUT2D eigenvalue weighted by Crippen LogP contribution is -2.81. The SMILES string of the molecule is CC.CCC1CCN(C[C@@H]2CC[NH2+]C2)CC1. The van der Waals surface area contributed by atoms with Crippen molar-refractivity contribution < 1.29 is 5.32 Å². The zero-order valence-electron chi connectivity index (χ0n) is 11.5. The second-order valence-corrected chi connectivity index (χ2v) is 5.12. The highest BCUT2D eigenvalue weighted by Crippen LogP contribution is 2.21. The summed E-state index contributed by atoms with van der Waals surface area (Å²) in [6, 6.07) is 0. The Labute approximate surface area is 102 Å². The number of nitrogens with zero attached hydrogens (tertiary/aromatic N) is 1. The van der Waals surface area contributed by atoms with Crippen LogP contribution in [0.1, 0.15) is 46.5 Å². The van der Waals surface area contributed by atoms with E-state index in [9.17, 15) is 0 Å². The average molecular weight is 227 g/mol. The van der Waals surface area contributed by atoms with Gasteiger partial charge in [0.2, 0.25) is 0 Å². The number of nitrogens with two attached hydrogens (primary N) is 1. The Bertz CT molecular complexity index is 156. The minimum Gasteiger partial charge on any atom is -0.346 e. The van der Waals surface area contributed by atoms with E-state index in [1.165, 1.54) is 58.4 Å². The van der Waals surface area contributed by atoms with Crippen molar-refractivity contribution in [1.29, 1.82) is 0 Å². The largest absolute Gasteiger partial charge is 0.346 e. The Balaban J connectivity index is 0.000000606. The molecule has 0 aliphatic carbocycles. The molecule has 16 heavy (non-hydrogen) atoms. The first-order valence-corrected chi connectivity index (χ1v) is 7.42. The van der Waals surface area contributed by atoms with E-state index in [1.807, 2.05) is 13.8 Å². The van der Waals surface area contributed by atoms with Crippen LogP contribution in [0.3, 0.4) is 0 Å². The average Bonchev–Trinajstić information content (AvgIpc) is 2.86. The maximum atomic E-state index is 2.70. The van der Waals surface area contributed by atoms with Crippen molar-refractivity contribution in [3.63, 3.8) is 0 Å². The molecule has 2 fully saturated rings. The van der Waals surface area contributed by atoms with Crippen LogP contribution >= 0.6 is 0 Å². The molecule has 0 unspecified atom stereocenters. The summed E-state index contributed by atoms with van der Waals surface area (Å²) >= 11 is 0. The van der Waals surface area contributed by atoms with Gasteiger partial charge in [-0.15, -0.1) is 0 Å². The summed E-state index contributed by atoms with van der Waals surface area (Å²) < 4.78 is 0. The number of hydrogen-bond acceptors (Lipinski definition) is 1. The zero-order chi connectivity index (χ0) is 11.8. The van der Waals surface area contributed by atoms with E-state index < -0.39 is 0 Å². The third kappa shape index (κ3) is 4.42. The molecule has 1 atom stereocenters. The lowest BCUT2D eigenvalue weighted by molar-refractivity contribution is -0.638. The van der Waals surface area contributed by atoms with Crippen LogP contribution in [0.15, 0.2) is 0 Å². The normalized spacial score (nSPS) is 27.6. The van der Waals surface area contributed by atoms with Crippen molar-refractivity contribution >= 4 is 0 Å². The van der Waals surface area contributed by atoms with Gasteiger partial charge in [-0.05, 0) is 31.8 Å². The number of piperidine rings is 1. The maximum absolute atomic E-state index is 2.70. The summed E-state index contributed by atoms with van der Waals surface area (Å²) in [5, 5.41) is 2.48. The van der Waals surface area contributed by atoms with Crippen molar-refractivity contribution in [1.82, 2.24) is 4.90 Å². The van der Waals surface area contributed by atoms with Gasteiger partial charge in [0.05, 0.1) is 13.1 Å². The molecule has 2 heteroatoms. The summed E-state index contributed by atoms with van der Waals surface area (Å²) in [5.41, 5.74) is 0. The number of hydrogen-bond donors (Lipinski definition) is 1. The zero-order valence-corrected chi connectivity index (χ0v) is 11.5. The van der Waals surface area contributed by atoms with Crippen molar-refractivity contribution in [2.24, 2.45) is 11.8 Å². The molecule has 0 amide bonds. The molecule has 2 aliphatic rings. The second-order valence-electron chi connectivity index (χ2n) is 5.12. The fraction of sp³-hybridized carbons (Fsp3) is 1.00. The standard InChI is InChI=1S/C12H24N2.C2H6/c1-2-11-4-7-14(8-5-11)10-12-3-6-13-9-12;1-2/h11-13H,2-10H2,1H3;1-2H3/p+1/t12-;/m1./s1. The molecule has 0 aromatic heterocycles. The van der Waals surface area contributed by atoms with E-state index in [0.717, 1.165) is 11.8 Å². The highest BCUT2D eigenvalue weighted by molar-refractivity contribution is 4.74. The first-order valence-electron chi connectivity index (χ1n) is 7.42. The highest BCUT2D eigenvalue weighted by Gasteiger charge is 2.24. The molecule has 0 spiro atoms. The molecule has 0 saturated carbocycles. The Morgan fingerprint density at radius 2 is 1.75 bits per heavy atom. The maximum Gasteiger partial charge on any atom is 0.0798 e. The molecule has 2 aliphatic heterocycles. The monoisotopic (exact) mass is 227 g/mol. The second kappa shape index (κ2) is 8.08. The molecular formula is C14H31N2+. The summed E-state index contributed by atoms with van der Waals surface area (Å²) in [7, 11) is 0. The van der Waals surface area contributed by atoms with Crippen LogP contribution < -0.4 is 5.32 Å². The number of rotatable bonds is 3. The Hall–Kier alpha value is -0.0800. The van der Waals surface area contributed by atoms with Gasteiger partial charge in [0.15, 0.2) is 0 Å². The summed E-state index contributed by atoms with van der Waals surface area (Å²) in [5.74, 6) is 2.02. The van der Waals surface area contributed by atoms with Crippen molar-refractivity contribution in [3.8, 4) is 0 Å². The summed E-state index contributed by atoms with van der Waals surface area (Å²) in [6.45, 7) is 13.2. The first kappa shape index (κ1) is 14.0. The minimum atomic E-state index is 0.994. The van der Waals surface area contributed by atoms with E-state index in [2.05, 4.69) is 17.1 Å². The van der Waals surface area contributed by atoms with Gasteiger partial charge in [0, 0.05) is 18.9 Å². The van der Waals surface area contributed by atoms with E-state index in [-0.39, 0.29) is 0 Å². The van der Waals surface area contributed by atoms with Crippen molar-refractivity contribution in [2.75, 3.05) is 32.7 Å². The lowest BCUT2D eigenvalue weighted by atomic mass is 9.94. The van der Waals surface area contributed by atoms with Gasteiger partial charge in [-0.2, -0.15) is 0 Å². The fourth-order valence-corrected chi connectivity index (χ4v) is 2.93.